The van der Waals surface area contributed by atoms with Gasteiger partial charge in [-0.2, -0.15) is 4.98 Å². The smallest absolute Gasteiger partial charge is 0.229 e. The van der Waals surface area contributed by atoms with E-state index in [4.69, 9.17) is 23.2 Å². The normalized spacial score (nSPS) is 10.4. The first-order valence-corrected chi connectivity index (χ1v) is 7.44. The molecule has 2 aromatic carbocycles. The van der Waals surface area contributed by atoms with Crippen LogP contribution in [0.1, 0.15) is 0 Å². The third-order valence-electron chi connectivity index (χ3n) is 2.95. The zero-order valence-electron chi connectivity index (χ0n) is 11.7. The lowest BCUT2D eigenvalue weighted by Gasteiger charge is -2.10. The molecule has 3 rings (SSSR count). The zero-order chi connectivity index (χ0) is 16.2. The van der Waals surface area contributed by atoms with Gasteiger partial charge < -0.3 is 10.6 Å². The van der Waals surface area contributed by atoms with Gasteiger partial charge in [0.2, 0.25) is 5.95 Å². The zero-order valence-corrected chi connectivity index (χ0v) is 13.2. The molecule has 0 aliphatic rings. The van der Waals surface area contributed by atoms with Gasteiger partial charge in [0.25, 0.3) is 0 Å². The molecule has 2 N–H and O–H groups in total. The fraction of sp³-hybridized carbons (Fsp3) is 0. The molecule has 0 bridgehead atoms. The summed E-state index contributed by atoms with van der Waals surface area (Å²) in [6.45, 7) is 0. The predicted octanol–water partition coefficient (Wildman–Crippen LogP) is 5.41. The third-order valence-corrected chi connectivity index (χ3v) is 3.77. The third kappa shape index (κ3) is 3.88. The van der Waals surface area contributed by atoms with Crippen molar-refractivity contribution in [3.05, 3.63) is 70.6 Å². The first kappa shape index (κ1) is 15.5. The molecule has 1 aromatic heterocycles. The largest absolute Gasteiger partial charge is 0.339 e. The number of hydrogen-bond acceptors (Lipinski definition) is 4. The number of hydrogen-bond donors (Lipinski definition) is 2. The van der Waals surface area contributed by atoms with Crippen LogP contribution in [0.3, 0.4) is 0 Å². The number of aromatic nitrogens is 2. The first-order valence-electron chi connectivity index (χ1n) is 6.68. The second-order valence-electron chi connectivity index (χ2n) is 4.63. The van der Waals surface area contributed by atoms with E-state index in [1.807, 2.05) is 0 Å². The van der Waals surface area contributed by atoms with Gasteiger partial charge in [0, 0.05) is 11.9 Å². The molecule has 0 saturated carbocycles. The summed E-state index contributed by atoms with van der Waals surface area (Å²) in [5.41, 5.74) is 1.19. The van der Waals surface area contributed by atoms with E-state index in [2.05, 4.69) is 20.6 Å². The number of benzene rings is 2. The molecule has 0 radical (unpaired) electrons. The summed E-state index contributed by atoms with van der Waals surface area (Å²) in [7, 11) is 0. The molecule has 0 unspecified atom stereocenters. The Labute approximate surface area is 142 Å². The highest BCUT2D eigenvalue weighted by atomic mass is 35.5. The summed E-state index contributed by atoms with van der Waals surface area (Å²) in [6.07, 6.45) is 1.58. The van der Waals surface area contributed by atoms with E-state index in [0.29, 0.717) is 33.2 Å². The Morgan fingerprint density at radius 1 is 0.957 bits per heavy atom. The summed E-state index contributed by atoms with van der Waals surface area (Å²) in [4.78, 5) is 8.41. The summed E-state index contributed by atoms with van der Waals surface area (Å²) in [5.74, 6) is 0.525. The van der Waals surface area contributed by atoms with Gasteiger partial charge in [-0.15, -0.1) is 0 Å². The van der Waals surface area contributed by atoms with Crippen molar-refractivity contribution in [2.75, 3.05) is 10.6 Å². The fourth-order valence-electron chi connectivity index (χ4n) is 1.92. The Morgan fingerprint density at radius 3 is 2.61 bits per heavy atom. The highest BCUT2D eigenvalue weighted by molar-refractivity contribution is 6.43. The molecule has 0 saturated heterocycles. The van der Waals surface area contributed by atoms with Gasteiger partial charge in [-0.3, -0.25) is 0 Å². The number of nitrogens with zero attached hydrogens (tertiary/aromatic N) is 2. The van der Waals surface area contributed by atoms with Gasteiger partial charge in [-0.25, -0.2) is 9.37 Å². The summed E-state index contributed by atoms with van der Waals surface area (Å²) in [5, 5.41) is 6.86. The van der Waals surface area contributed by atoms with Crippen LogP contribution in [0.4, 0.5) is 27.5 Å². The highest BCUT2D eigenvalue weighted by Crippen LogP contribution is 2.31. The molecular formula is C16H11Cl2FN4. The second kappa shape index (κ2) is 6.81. The average molecular weight is 349 g/mol. The predicted molar refractivity (Wildman–Crippen MR) is 91.5 cm³/mol. The van der Waals surface area contributed by atoms with Crippen LogP contribution in [0.15, 0.2) is 54.7 Å². The van der Waals surface area contributed by atoms with E-state index in [-0.39, 0.29) is 5.82 Å². The van der Waals surface area contributed by atoms with Crippen molar-refractivity contribution in [2.24, 2.45) is 0 Å². The highest BCUT2D eigenvalue weighted by Gasteiger charge is 2.06. The SMILES string of the molecule is Fc1cccc(Nc2nccc(Nc3cccc(Cl)c3Cl)n2)c1. The van der Waals surface area contributed by atoms with Gasteiger partial charge in [-0.05, 0) is 36.4 Å². The molecule has 0 atom stereocenters. The topological polar surface area (TPSA) is 49.8 Å². The van der Waals surface area contributed by atoms with Crippen LogP contribution in [0, 0.1) is 5.82 Å². The number of rotatable bonds is 4. The van der Waals surface area contributed by atoms with Crippen molar-refractivity contribution < 1.29 is 4.39 Å². The maximum Gasteiger partial charge on any atom is 0.229 e. The first-order chi connectivity index (χ1) is 11.1. The molecule has 4 nitrogen and oxygen atoms in total. The maximum absolute atomic E-state index is 13.2. The van der Waals surface area contributed by atoms with Crippen molar-refractivity contribution >= 4 is 46.3 Å². The quantitative estimate of drug-likeness (QED) is 0.661. The lowest BCUT2D eigenvalue weighted by atomic mass is 10.3. The Hall–Kier alpha value is -2.37. The molecule has 0 spiro atoms. The Bertz CT molecular complexity index is 842. The van der Waals surface area contributed by atoms with Crippen LogP contribution in [0.25, 0.3) is 0 Å². The summed E-state index contributed by atoms with van der Waals surface area (Å²) in [6, 6.07) is 13.0. The maximum atomic E-state index is 13.2. The summed E-state index contributed by atoms with van der Waals surface area (Å²) < 4.78 is 13.2. The van der Waals surface area contributed by atoms with Crippen LogP contribution in [-0.2, 0) is 0 Å². The van der Waals surface area contributed by atoms with Gasteiger partial charge in [0.1, 0.15) is 11.6 Å². The van der Waals surface area contributed by atoms with E-state index >= 15 is 0 Å². The van der Waals surface area contributed by atoms with Gasteiger partial charge in [0.05, 0.1) is 15.7 Å². The van der Waals surface area contributed by atoms with Crippen molar-refractivity contribution in [3.63, 3.8) is 0 Å². The average Bonchev–Trinajstić information content (AvgIpc) is 2.52. The van der Waals surface area contributed by atoms with Gasteiger partial charge in [-0.1, -0.05) is 35.3 Å². The van der Waals surface area contributed by atoms with E-state index in [1.54, 1.807) is 42.6 Å². The van der Waals surface area contributed by atoms with Crippen LogP contribution >= 0.6 is 23.2 Å². The van der Waals surface area contributed by atoms with E-state index in [9.17, 15) is 4.39 Å². The number of halogens is 3. The van der Waals surface area contributed by atoms with Crippen molar-refractivity contribution in [1.29, 1.82) is 0 Å². The van der Waals surface area contributed by atoms with Gasteiger partial charge in [0.15, 0.2) is 0 Å². The van der Waals surface area contributed by atoms with E-state index in [0.717, 1.165) is 0 Å². The molecule has 0 aliphatic carbocycles. The van der Waals surface area contributed by atoms with E-state index in [1.165, 1.54) is 12.1 Å². The van der Waals surface area contributed by atoms with Crippen LogP contribution in [0.5, 0.6) is 0 Å². The molecule has 0 fully saturated rings. The van der Waals surface area contributed by atoms with Crippen LogP contribution in [0.2, 0.25) is 10.0 Å². The molecular weight excluding hydrogens is 338 g/mol. The summed E-state index contributed by atoms with van der Waals surface area (Å²) >= 11 is 12.1. The monoisotopic (exact) mass is 348 g/mol. The van der Waals surface area contributed by atoms with Gasteiger partial charge >= 0.3 is 0 Å². The van der Waals surface area contributed by atoms with Crippen molar-refractivity contribution in [1.82, 2.24) is 9.97 Å². The Balaban J connectivity index is 1.81. The Morgan fingerprint density at radius 2 is 1.78 bits per heavy atom. The molecule has 116 valence electrons. The fourth-order valence-corrected chi connectivity index (χ4v) is 2.27. The number of anilines is 4. The minimum atomic E-state index is -0.338. The second-order valence-corrected chi connectivity index (χ2v) is 5.41. The van der Waals surface area contributed by atoms with Crippen molar-refractivity contribution in [2.45, 2.75) is 0 Å². The van der Waals surface area contributed by atoms with Crippen LogP contribution < -0.4 is 10.6 Å². The standard InChI is InChI=1S/C16H11Cl2FN4/c17-12-5-2-6-13(15(12)18)22-14-7-8-20-16(23-14)21-11-4-1-3-10(19)9-11/h1-9H,(H2,20,21,22,23). The lowest BCUT2D eigenvalue weighted by Crippen LogP contribution is -2.00. The molecule has 3 aromatic rings. The van der Waals surface area contributed by atoms with Crippen molar-refractivity contribution in [3.8, 4) is 0 Å². The number of nitrogens with one attached hydrogen (secondary N) is 2. The minimum absolute atomic E-state index is 0.332. The molecule has 0 aliphatic heterocycles. The molecule has 7 heteroatoms. The van der Waals surface area contributed by atoms with E-state index < -0.39 is 0 Å². The van der Waals surface area contributed by atoms with Crippen LogP contribution in [-0.4, -0.2) is 9.97 Å². The molecule has 0 amide bonds. The Kier molecular flexibility index (Phi) is 4.60. The molecule has 23 heavy (non-hydrogen) atoms. The lowest BCUT2D eigenvalue weighted by molar-refractivity contribution is 0.628. The minimum Gasteiger partial charge on any atom is -0.339 e. The molecule has 1 heterocycles.